The minimum absolute atomic E-state index is 0.0222. The second kappa shape index (κ2) is 10.8. The highest BCUT2D eigenvalue weighted by atomic mass is 16.2. The number of nitrogens with zero attached hydrogens (tertiary/aromatic N) is 4. The summed E-state index contributed by atoms with van der Waals surface area (Å²) < 4.78 is 1.82. The van der Waals surface area contributed by atoms with E-state index in [1.165, 1.54) is 6.42 Å². The van der Waals surface area contributed by atoms with E-state index in [1.54, 1.807) is 18.9 Å². The number of piperazine rings is 1. The van der Waals surface area contributed by atoms with Gasteiger partial charge in [-0.25, -0.2) is 0 Å². The number of amides is 3. The number of hydrogen-bond donors (Lipinski definition) is 2. The van der Waals surface area contributed by atoms with E-state index >= 15 is 0 Å². The molecule has 35 heavy (non-hydrogen) atoms. The summed E-state index contributed by atoms with van der Waals surface area (Å²) in [6.07, 6.45) is 5.28. The number of carbonyl (C=O) groups excluding carboxylic acids is 3. The molecule has 190 valence electrons. The lowest BCUT2D eigenvalue weighted by Gasteiger charge is -2.39. The summed E-state index contributed by atoms with van der Waals surface area (Å²) in [6.45, 7) is 5.69. The zero-order valence-corrected chi connectivity index (χ0v) is 21.3. The lowest BCUT2D eigenvalue weighted by atomic mass is 9.83. The zero-order chi connectivity index (χ0) is 25.1. The zero-order valence-electron chi connectivity index (χ0n) is 21.3. The molecule has 4 rings (SSSR count). The van der Waals surface area contributed by atoms with Gasteiger partial charge in [-0.05, 0) is 51.8 Å². The van der Waals surface area contributed by atoms with Crippen LogP contribution in [-0.4, -0.2) is 82.6 Å². The summed E-state index contributed by atoms with van der Waals surface area (Å²) in [5, 5.41) is 11.5. The average molecular weight is 483 g/mol. The van der Waals surface area contributed by atoms with Crippen molar-refractivity contribution < 1.29 is 14.4 Å². The SMILES string of the molecule is CN[C@@H](C)C(=O)N[C@H](C(=O)N1CCN(C(=O)c2ccc3c(C)n(C)nc3c2)CC1)C1CCCCC1. The molecule has 1 aromatic heterocycles. The van der Waals surface area contributed by atoms with Gasteiger partial charge in [-0.1, -0.05) is 25.3 Å². The first-order valence-corrected chi connectivity index (χ1v) is 12.8. The molecule has 2 N–H and O–H groups in total. The van der Waals surface area contributed by atoms with E-state index in [4.69, 9.17) is 0 Å². The van der Waals surface area contributed by atoms with Crippen LogP contribution in [0.2, 0.25) is 0 Å². The van der Waals surface area contributed by atoms with Gasteiger partial charge in [-0.3, -0.25) is 19.1 Å². The number of carbonyl (C=O) groups is 3. The Morgan fingerprint density at radius 3 is 2.34 bits per heavy atom. The van der Waals surface area contributed by atoms with Crippen LogP contribution in [0.3, 0.4) is 0 Å². The van der Waals surface area contributed by atoms with Crippen molar-refractivity contribution in [2.75, 3.05) is 33.2 Å². The molecule has 3 amide bonds. The number of rotatable bonds is 6. The van der Waals surface area contributed by atoms with Gasteiger partial charge in [0.2, 0.25) is 11.8 Å². The minimum Gasteiger partial charge on any atom is -0.343 e. The van der Waals surface area contributed by atoms with Crippen molar-refractivity contribution in [2.45, 2.75) is 58.0 Å². The van der Waals surface area contributed by atoms with Crippen LogP contribution in [0.1, 0.15) is 55.1 Å². The van der Waals surface area contributed by atoms with E-state index in [-0.39, 0.29) is 29.7 Å². The molecule has 9 heteroatoms. The Bertz CT molecular complexity index is 1080. The van der Waals surface area contributed by atoms with Crippen molar-refractivity contribution in [1.82, 2.24) is 30.2 Å². The fraction of sp³-hybridized carbons (Fsp3) is 0.615. The Morgan fingerprint density at radius 2 is 1.69 bits per heavy atom. The van der Waals surface area contributed by atoms with Crippen LogP contribution in [-0.2, 0) is 16.6 Å². The molecule has 2 aliphatic rings. The number of nitrogens with one attached hydrogen (secondary N) is 2. The Hall–Kier alpha value is -2.94. The second-order valence-corrected chi connectivity index (χ2v) is 9.95. The lowest BCUT2D eigenvalue weighted by Crippen LogP contribution is -2.59. The molecule has 1 aliphatic carbocycles. The molecule has 1 aromatic carbocycles. The van der Waals surface area contributed by atoms with Crippen LogP contribution < -0.4 is 10.6 Å². The number of fused-ring (bicyclic) bond motifs is 1. The average Bonchev–Trinajstić information content (AvgIpc) is 3.18. The highest BCUT2D eigenvalue weighted by Crippen LogP contribution is 2.28. The van der Waals surface area contributed by atoms with Gasteiger partial charge in [0.15, 0.2) is 0 Å². The second-order valence-electron chi connectivity index (χ2n) is 9.95. The molecule has 2 fully saturated rings. The molecule has 2 heterocycles. The van der Waals surface area contributed by atoms with Gasteiger partial charge in [0.25, 0.3) is 5.91 Å². The number of aryl methyl sites for hydroxylation is 2. The molecule has 0 spiro atoms. The predicted molar refractivity (Wildman–Crippen MR) is 135 cm³/mol. The van der Waals surface area contributed by atoms with Gasteiger partial charge in [-0.15, -0.1) is 0 Å². The first-order valence-electron chi connectivity index (χ1n) is 12.8. The molecule has 1 saturated heterocycles. The maximum Gasteiger partial charge on any atom is 0.254 e. The van der Waals surface area contributed by atoms with Crippen LogP contribution in [0, 0.1) is 12.8 Å². The third kappa shape index (κ3) is 5.34. The fourth-order valence-electron chi connectivity index (χ4n) is 5.23. The molecular weight excluding hydrogens is 444 g/mol. The molecular formula is C26H38N6O3. The van der Waals surface area contributed by atoms with Crippen molar-refractivity contribution in [1.29, 1.82) is 0 Å². The molecule has 9 nitrogen and oxygen atoms in total. The normalized spacial score (nSPS) is 19.0. The molecule has 2 atom stereocenters. The highest BCUT2D eigenvalue weighted by Gasteiger charge is 2.36. The third-order valence-electron chi connectivity index (χ3n) is 7.77. The Balaban J connectivity index is 1.41. The van der Waals surface area contributed by atoms with Crippen LogP contribution >= 0.6 is 0 Å². The van der Waals surface area contributed by atoms with Gasteiger partial charge in [-0.2, -0.15) is 5.10 Å². The number of benzene rings is 1. The van der Waals surface area contributed by atoms with Crippen molar-refractivity contribution >= 4 is 28.6 Å². The molecule has 0 radical (unpaired) electrons. The van der Waals surface area contributed by atoms with Gasteiger partial charge < -0.3 is 20.4 Å². The predicted octanol–water partition coefficient (Wildman–Crippen LogP) is 1.84. The smallest absolute Gasteiger partial charge is 0.254 e. The van der Waals surface area contributed by atoms with Crippen LogP contribution in [0.15, 0.2) is 18.2 Å². The van der Waals surface area contributed by atoms with E-state index in [1.807, 2.05) is 41.8 Å². The molecule has 0 unspecified atom stereocenters. The van der Waals surface area contributed by atoms with Crippen LogP contribution in [0.25, 0.3) is 10.9 Å². The maximum absolute atomic E-state index is 13.5. The van der Waals surface area contributed by atoms with E-state index in [0.717, 1.165) is 42.3 Å². The van der Waals surface area contributed by atoms with E-state index < -0.39 is 6.04 Å². The van der Waals surface area contributed by atoms with E-state index in [2.05, 4.69) is 15.7 Å². The Kier molecular flexibility index (Phi) is 7.74. The quantitative estimate of drug-likeness (QED) is 0.655. The minimum atomic E-state index is -0.504. The van der Waals surface area contributed by atoms with Crippen molar-refractivity contribution in [3.8, 4) is 0 Å². The Labute approximate surface area is 207 Å². The number of likely N-dealkylation sites (N-methyl/N-ethyl adjacent to an activating group) is 1. The summed E-state index contributed by atoms with van der Waals surface area (Å²) in [4.78, 5) is 43.0. The summed E-state index contributed by atoms with van der Waals surface area (Å²) in [6, 6.07) is 4.79. The molecule has 1 aliphatic heterocycles. The van der Waals surface area contributed by atoms with Crippen LogP contribution in [0.5, 0.6) is 0 Å². The van der Waals surface area contributed by atoms with E-state index in [0.29, 0.717) is 31.7 Å². The van der Waals surface area contributed by atoms with Crippen molar-refractivity contribution in [2.24, 2.45) is 13.0 Å². The summed E-state index contributed by atoms with van der Waals surface area (Å²) >= 11 is 0. The lowest BCUT2D eigenvalue weighted by molar-refractivity contribution is -0.140. The largest absolute Gasteiger partial charge is 0.343 e. The van der Waals surface area contributed by atoms with Crippen molar-refractivity contribution in [3.05, 3.63) is 29.5 Å². The Morgan fingerprint density at radius 1 is 1.03 bits per heavy atom. The summed E-state index contributed by atoms with van der Waals surface area (Å²) in [7, 11) is 3.64. The maximum atomic E-state index is 13.5. The summed E-state index contributed by atoms with van der Waals surface area (Å²) in [5.41, 5.74) is 2.49. The monoisotopic (exact) mass is 482 g/mol. The fourth-order valence-corrected chi connectivity index (χ4v) is 5.23. The summed E-state index contributed by atoms with van der Waals surface area (Å²) in [5.74, 6) is -0.0452. The first kappa shape index (κ1) is 25.2. The van der Waals surface area contributed by atoms with Crippen LogP contribution in [0.4, 0.5) is 0 Å². The van der Waals surface area contributed by atoms with Gasteiger partial charge in [0, 0.05) is 49.9 Å². The van der Waals surface area contributed by atoms with E-state index in [9.17, 15) is 14.4 Å². The number of aromatic nitrogens is 2. The van der Waals surface area contributed by atoms with Gasteiger partial charge in [0.05, 0.1) is 11.6 Å². The standard InChI is InChI=1S/C26H38N6O3/c1-17(27-3)24(33)28-23(19-8-6-5-7-9-19)26(35)32-14-12-31(13-15-32)25(34)20-10-11-21-18(2)30(4)29-22(21)16-20/h10-11,16-17,19,23,27H,5-9,12-15H2,1-4H3,(H,28,33)/t17-,23-/m0/s1. The van der Waals surface area contributed by atoms with Crippen molar-refractivity contribution in [3.63, 3.8) is 0 Å². The number of hydrogen-bond acceptors (Lipinski definition) is 5. The van der Waals surface area contributed by atoms with Gasteiger partial charge in [0.1, 0.15) is 6.04 Å². The third-order valence-corrected chi connectivity index (χ3v) is 7.77. The molecule has 0 bridgehead atoms. The molecule has 1 saturated carbocycles. The first-order chi connectivity index (χ1) is 16.8. The topological polar surface area (TPSA) is 99.6 Å². The highest BCUT2D eigenvalue weighted by molar-refractivity contribution is 5.98. The van der Waals surface area contributed by atoms with Gasteiger partial charge >= 0.3 is 0 Å². The molecule has 2 aromatic rings.